The van der Waals surface area contributed by atoms with Gasteiger partial charge in [-0.1, -0.05) is 13.3 Å². The van der Waals surface area contributed by atoms with Gasteiger partial charge in [0.15, 0.2) is 0 Å². The molecule has 0 saturated carbocycles. The summed E-state index contributed by atoms with van der Waals surface area (Å²) in [6, 6.07) is 1.60. The van der Waals surface area contributed by atoms with Crippen LogP contribution in [-0.4, -0.2) is 41.0 Å². The molecule has 0 amide bonds. The van der Waals surface area contributed by atoms with E-state index in [1.807, 2.05) is 0 Å². The molecule has 0 radical (unpaired) electrons. The molecule has 0 bridgehead atoms. The zero-order valence-electron chi connectivity index (χ0n) is 10.3. The van der Waals surface area contributed by atoms with E-state index in [0.717, 1.165) is 57.1 Å². The number of rotatable bonds is 4. The highest BCUT2D eigenvalue weighted by atomic mass is 16.1. The molecule has 1 saturated heterocycles. The standard InChI is InChI=1S/C12H20N4O/c1-2-3-10-8-12(17)15-11(14-10)9-16-6-4-13-5-7-16/h8,13H,2-7,9H2,1H3,(H,14,15,17). The van der Waals surface area contributed by atoms with Crippen molar-refractivity contribution in [1.29, 1.82) is 0 Å². The molecule has 1 aliphatic heterocycles. The smallest absolute Gasteiger partial charge is 0.251 e. The molecule has 17 heavy (non-hydrogen) atoms. The number of nitrogens with one attached hydrogen (secondary N) is 2. The van der Waals surface area contributed by atoms with E-state index in [4.69, 9.17) is 0 Å². The number of H-pyrrole nitrogens is 1. The highest BCUT2D eigenvalue weighted by Crippen LogP contribution is 2.01. The number of aryl methyl sites for hydroxylation is 1. The molecule has 2 N–H and O–H groups in total. The normalized spacial score (nSPS) is 17.2. The zero-order chi connectivity index (χ0) is 12.1. The van der Waals surface area contributed by atoms with E-state index in [1.165, 1.54) is 0 Å². The molecule has 1 aromatic rings. The van der Waals surface area contributed by atoms with Gasteiger partial charge in [-0.2, -0.15) is 0 Å². The lowest BCUT2D eigenvalue weighted by molar-refractivity contribution is 0.227. The van der Waals surface area contributed by atoms with Gasteiger partial charge in [0.1, 0.15) is 5.82 Å². The van der Waals surface area contributed by atoms with E-state index >= 15 is 0 Å². The summed E-state index contributed by atoms with van der Waals surface area (Å²) in [5.74, 6) is 0.794. The van der Waals surface area contributed by atoms with Crippen molar-refractivity contribution in [3.8, 4) is 0 Å². The van der Waals surface area contributed by atoms with Crippen molar-refractivity contribution in [1.82, 2.24) is 20.2 Å². The quantitative estimate of drug-likeness (QED) is 0.780. The number of hydrogen-bond acceptors (Lipinski definition) is 4. The molecule has 1 aromatic heterocycles. The second kappa shape index (κ2) is 5.93. The van der Waals surface area contributed by atoms with Gasteiger partial charge < -0.3 is 10.3 Å². The van der Waals surface area contributed by atoms with Crippen molar-refractivity contribution < 1.29 is 0 Å². The van der Waals surface area contributed by atoms with Crippen LogP contribution in [0.3, 0.4) is 0 Å². The van der Waals surface area contributed by atoms with Crippen LogP contribution in [0.4, 0.5) is 0 Å². The molecule has 0 atom stereocenters. The maximum absolute atomic E-state index is 11.5. The van der Waals surface area contributed by atoms with Gasteiger partial charge in [0, 0.05) is 37.9 Å². The molecule has 1 fully saturated rings. The van der Waals surface area contributed by atoms with E-state index in [0.29, 0.717) is 0 Å². The van der Waals surface area contributed by atoms with Gasteiger partial charge >= 0.3 is 0 Å². The Labute approximate surface area is 101 Å². The Hall–Kier alpha value is -1.20. The molecular weight excluding hydrogens is 216 g/mol. The predicted octanol–water partition coefficient (Wildman–Crippen LogP) is 0.128. The van der Waals surface area contributed by atoms with Crippen LogP contribution in [0.15, 0.2) is 10.9 Å². The second-order valence-electron chi connectivity index (χ2n) is 4.46. The van der Waals surface area contributed by atoms with Crippen LogP contribution in [0.25, 0.3) is 0 Å². The molecule has 94 valence electrons. The van der Waals surface area contributed by atoms with E-state index in [9.17, 15) is 4.79 Å². The van der Waals surface area contributed by atoms with Crippen molar-refractivity contribution in [2.24, 2.45) is 0 Å². The Kier molecular flexibility index (Phi) is 4.28. The largest absolute Gasteiger partial charge is 0.314 e. The second-order valence-corrected chi connectivity index (χ2v) is 4.46. The third kappa shape index (κ3) is 3.64. The van der Waals surface area contributed by atoms with Gasteiger partial charge in [-0.05, 0) is 6.42 Å². The molecular formula is C12H20N4O. The lowest BCUT2D eigenvalue weighted by Gasteiger charge is -2.26. The Morgan fingerprint density at radius 3 is 2.88 bits per heavy atom. The number of aromatic amines is 1. The SMILES string of the molecule is CCCc1cc(=O)[nH]c(CN2CCNCC2)n1. The predicted molar refractivity (Wildman–Crippen MR) is 67.0 cm³/mol. The van der Waals surface area contributed by atoms with Crippen LogP contribution in [-0.2, 0) is 13.0 Å². The number of nitrogens with zero attached hydrogens (tertiary/aromatic N) is 2. The summed E-state index contributed by atoms with van der Waals surface area (Å²) in [6.45, 7) is 6.90. The third-order valence-electron chi connectivity index (χ3n) is 2.93. The Balaban J connectivity index is 2.06. The van der Waals surface area contributed by atoms with Gasteiger partial charge in [-0.3, -0.25) is 9.69 Å². The zero-order valence-corrected chi connectivity index (χ0v) is 10.3. The summed E-state index contributed by atoms with van der Waals surface area (Å²) in [5, 5.41) is 3.31. The highest BCUT2D eigenvalue weighted by molar-refractivity contribution is 5.03. The Bertz CT molecular complexity index is 409. The first-order valence-electron chi connectivity index (χ1n) is 6.30. The minimum atomic E-state index is -0.0337. The average Bonchev–Trinajstić information content (AvgIpc) is 2.30. The van der Waals surface area contributed by atoms with E-state index in [-0.39, 0.29) is 5.56 Å². The molecule has 2 rings (SSSR count). The maximum atomic E-state index is 11.5. The van der Waals surface area contributed by atoms with Crippen molar-refractivity contribution in [3.63, 3.8) is 0 Å². The average molecular weight is 236 g/mol. The minimum Gasteiger partial charge on any atom is -0.314 e. The minimum absolute atomic E-state index is 0.0337. The van der Waals surface area contributed by atoms with Gasteiger partial charge in [-0.15, -0.1) is 0 Å². The summed E-state index contributed by atoms with van der Waals surface area (Å²) in [5.41, 5.74) is 0.870. The lowest BCUT2D eigenvalue weighted by Crippen LogP contribution is -2.43. The van der Waals surface area contributed by atoms with Crippen molar-refractivity contribution in [2.75, 3.05) is 26.2 Å². The molecule has 0 aliphatic carbocycles. The van der Waals surface area contributed by atoms with Crippen LogP contribution >= 0.6 is 0 Å². The van der Waals surface area contributed by atoms with Gasteiger partial charge in [-0.25, -0.2) is 4.98 Å². The lowest BCUT2D eigenvalue weighted by atomic mass is 10.2. The van der Waals surface area contributed by atoms with Crippen molar-refractivity contribution in [3.05, 3.63) is 27.9 Å². The molecule has 1 aliphatic rings. The summed E-state index contributed by atoms with van der Waals surface area (Å²) in [7, 11) is 0. The van der Waals surface area contributed by atoms with Crippen molar-refractivity contribution >= 4 is 0 Å². The first-order chi connectivity index (χ1) is 8.28. The first-order valence-corrected chi connectivity index (χ1v) is 6.30. The molecule has 0 aromatic carbocycles. The molecule has 5 heteroatoms. The molecule has 2 heterocycles. The van der Waals surface area contributed by atoms with E-state index in [1.54, 1.807) is 6.07 Å². The topological polar surface area (TPSA) is 61.0 Å². The van der Waals surface area contributed by atoms with Crippen LogP contribution in [0.1, 0.15) is 24.9 Å². The van der Waals surface area contributed by atoms with Crippen LogP contribution in [0, 0.1) is 0 Å². The summed E-state index contributed by atoms with van der Waals surface area (Å²) in [6.07, 6.45) is 1.89. The summed E-state index contributed by atoms with van der Waals surface area (Å²) in [4.78, 5) is 21.1. The van der Waals surface area contributed by atoms with Gasteiger partial charge in [0.05, 0.1) is 6.54 Å². The van der Waals surface area contributed by atoms with Crippen LogP contribution in [0.2, 0.25) is 0 Å². The summed E-state index contributed by atoms with van der Waals surface area (Å²) < 4.78 is 0. The molecule has 5 nitrogen and oxygen atoms in total. The fourth-order valence-electron chi connectivity index (χ4n) is 2.10. The van der Waals surface area contributed by atoms with Crippen molar-refractivity contribution in [2.45, 2.75) is 26.3 Å². The summed E-state index contributed by atoms with van der Waals surface area (Å²) >= 11 is 0. The Morgan fingerprint density at radius 2 is 2.18 bits per heavy atom. The molecule has 0 unspecified atom stereocenters. The van der Waals surface area contributed by atoms with Gasteiger partial charge in [0.25, 0.3) is 5.56 Å². The maximum Gasteiger partial charge on any atom is 0.251 e. The van der Waals surface area contributed by atoms with E-state index < -0.39 is 0 Å². The number of hydrogen-bond donors (Lipinski definition) is 2. The van der Waals surface area contributed by atoms with Gasteiger partial charge in [0.2, 0.25) is 0 Å². The first kappa shape index (κ1) is 12.3. The van der Waals surface area contributed by atoms with E-state index in [2.05, 4.69) is 27.1 Å². The third-order valence-corrected chi connectivity index (χ3v) is 2.93. The van der Waals surface area contributed by atoms with Crippen LogP contribution in [0.5, 0.6) is 0 Å². The number of piperazine rings is 1. The number of aromatic nitrogens is 2. The van der Waals surface area contributed by atoms with Crippen LogP contribution < -0.4 is 10.9 Å². The monoisotopic (exact) mass is 236 g/mol. The fraction of sp³-hybridized carbons (Fsp3) is 0.667. The molecule has 0 spiro atoms. The fourth-order valence-corrected chi connectivity index (χ4v) is 2.10. The highest BCUT2D eigenvalue weighted by Gasteiger charge is 2.11. The Morgan fingerprint density at radius 1 is 1.41 bits per heavy atom.